The molecule has 1 aromatic heterocycles. The lowest BCUT2D eigenvalue weighted by Crippen LogP contribution is -2.21. The number of alkyl halides is 1. The fourth-order valence-corrected chi connectivity index (χ4v) is 1.63. The summed E-state index contributed by atoms with van der Waals surface area (Å²) in [5.74, 6) is -0.452. The molecular formula is C11H17FN2O2. The minimum absolute atomic E-state index is 0.295. The molecule has 0 aliphatic carbocycles. The van der Waals surface area contributed by atoms with Crippen LogP contribution in [0.3, 0.4) is 0 Å². The van der Waals surface area contributed by atoms with Crippen molar-refractivity contribution in [2.75, 3.05) is 6.61 Å². The third-order valence-corrected chi connectivity index (χ3v) is 2.16. The van der Waals surface area contributed by atoms with E-state index < -0.39 is 12.8 Å². The van der Waals surface area contributed by atoms with Crippen molar-refractivity contribution >= 4 is 5.97 Å². The van der Waals surface area contributed by atoms with Crippen molar-refractivity contribution in [1.29, 1.82) is 0 Å². The van der Waals surface area contributed by atoms with Crippen LogP contribution in [-0.2, 0) is 17.0 Å². The molecule has 16 heavy (non-hydrogen) atoms. The predicted octanol–water partition coefficient (Wildman–Crippen LogP) is 2.28. The topological polar surface area (TPSA) is 44.1 Å². The third kappa shape index (κ3) is 2.40. The van der Waals surface area contributed by atoms with Gasteiger partial charge < -0.3 is 4.74 Å². The molecule has 0 spiro atoms. The first-order valence-corrected chi connectivity index (χ1v) is 5.21. The number of carbonyl (C=O) groups excluding carboxylic acids is 1. The number of ether oxygens (including phenoxy) is 1. The molecule has 0 N–H and O–H groups in total. The number of hydrogen-bond donors (Lipinski definition) is 0. The van der Waals surface area contributed by atoms with Crippen LogP contribution < -0.4 is 0 Å². The zero-order chi connectivity index (χ0) is 12.3. The van der Waals surface area contributed by atoms with Gasteiger partial charge in [-0.2, -0.15) is 5.10 Å². The number of nitrogens with zero attached hydrogens (tertiary/aromatic N) is 2. The Morgan fingerprint density at radius 1 is 1.56 bits per heavy atom. The van der Waals surface area contributed by atoms with E-state index in [4.69, 9.17) is 4.74 Å². The number of carbonyl (C=O) groups is 1. The zero-order valence-electron chi connectivity index (χ0n) is 10.1. The van der Waals surface area contributed by atoms with E-state index in [1.54, 1.807) is 6.92 Å². The standard InChI is InChI=1S/C11H17FN2O2/c1-5-16-10(15)8-6-13-14(7-12)9(8)11(2,3)4/h6H,5,7H2,1-4H3. The molecule has 0 unspecified atom stereocenters. The lowest BCUT2D eigenvalue weighted by atomic mass is 9.89. The first-order chi connectivity index (χ1) is 7.41. The van der Waals surface area contributed by atoms with Crippen LogP contribution in [0, 0.1) is 0 Å². The maximum atomic E-state index is 12.7. The largest absolute Gasteiger partial charge is 0.462 e. The summed E-state index contributed by atoms with van der Waals surface area (Å²) in [5.41, 5.74) is 0.547. The predicted molar refractivity (Wildman–Crippen MR) is 58.0 cm³/mol. The van der Waals surface area contributed by atoms with Crippen LogP contribution >= 0.6 is 0 Å². The molecule has 0 radical (unpaired) electrons. The Balaban J connectivity index is 3.20. The Labute approximate surface area is 94.4 Å². The normalized spacial score (nSPS) is 11.6. The summed E-state index contributed by atoms with van der Waals surface area (Å²) in [6.07, 6.45) is 1.36. The molecule has 4 nitrogen and oxygen atoms in total. The van der Waals surface area contributed by atoms with Crippen LogP contribution in [0.15, 0.2) is 6.20 Å². The summed E-state index contributed by atoms with van der Waals surface area (Å²) in [5, 5.41) is 3.85. The number of rotatable bonds is 3. The highest BCUT2D eigenvalue weighted by atomic mass is 19.1. The summed E-state index contributed by atoms with van der Waals surface area (Å²) in [6, 6.07) is 0. The summed E-state index contributed by atoms with van der Waals surface area (Å²) in [6.45, 7) is 6.99. The molecule has 0 aliphatic heterocycles. The highest BCUT2D eigenvalue weighted by Gasteiger charge is 2.27. The minimum Gasteiger partial charge on any atom is -0.462 e. The van der Waals surface area contributed by atoms with E-state index in [-0.39, 0.29) is 5.41 Å². The van der Waals surface area contributed by atoms with E-state index in [9.17, 15) is 9.18 Å². The molecule has 0 atom stereocenters. The smallest absolute Gasteiger partial charge is 0.341 e. The molecule has 0 aromatic carbocycles. The minimum atomic E-state index is -0.744. The molecule has 0 fully saturated rings. The number of esters is 1. The lowest BCUT2D eigenvalue weighted by Gasteiger charge is -2.20. The van der Waals surface area contributed by atoms with Gasteiger partial charge in [0.05, 0.1) is 18.5 Å². The van der Waals surface area contributed by atoms with Gasteiger partial charge in [-0.05, 0) is 6.92 Å². The van der Waals surface area contributed by atoms with Gasteiger partial charge in [-0.15, -0.1) is 0 Å². The van der Waals surface area contributed by atoms with Crippen LogP contribution in [-0.4, -0.2) is 22.4 Å². The van der Waals surface area contributed by atoms with E-state index in [1.807, 2.05) is 20.8 Å². The molecule has 0 aliphatic rings. The summed E-state index contributed by atoms with van der Waals surface area (Å²) < 4.78 is 18.8. The van der Waals surface area contributed by atoms with Crippen molar-refractivity contribution in [3.63, 3.8) is 0 Å². The van der Waals surface area contributed by atoms with Gasteiger partial charge in [-0.25, -0.2) is 13.9 Å². The molecule has 90 valence electrons. The van der Waals surface area contributed by atoms with Crippen LogP contribution in [0.2, 0.25) is 0 Å². The van der Waals surface area contributed by atoms with Crippen molar-refractivity contribution in [2.45, 2.75) is 39.9 Å². The van der Waals surface area contributed by atoms with E-state index in [0.717, 1.165) is 0 Å². The number of hydrogen-bond acceptors (Lipinski definition) is 3. The van der Waals surface area contributed by atoms with Crippen LogP contribution in [0.5, 0.6) is 0 Å². The SMILES string of the molecule is CCOC(=O)c1cnn(CF)c1C(C)(C)C. The van der Waals surface area contributed by atoms with Crippen molar-refractivity contribution in [1.82, 2.24) is 9.78 Å². The lowest BCUT2D eigenvalue weighted by molar-refractivity contribution is 0.0523. The van der Waals surface area contributed by atoms with Crippen molar-refractivity contribution in [2.24, 2.45) is 0 Å². The van der Waals surface area contributed by atoms with Crippen LogP contribution in [0.25, 0.3) is 0 Å². The zero-order valence-corrected chi connectivity index (χ0v) is 10.1. The Bertz CT molecular complexity index is 380. The molecule has 1 aromatic rings. The highest BCUT2D eigenvalue weighted by molar-refractivity contribution is 5.90. The molecule has 1 rings (SSSR count). The molecule has 0 bridgehead atoms. The van der Waals surface area contributed by atoms with Crippen LogP contribution in [0.1, 0.15) is 43.7 Å². The van der Waals surface area contributed by atoms with Gasteiger partial charge in [0.15, 0.2) is 6.80 Å². The van der Waals surface area contributed by atoms with Gasteiger partial charge in [0.1, 0.15) is 5.56 Å². The first-order valence-electron chi connectivity index (χ1n) is 5.21. The highest BCUT2D eigenvalue weighted by Crippen LogP contribution is 2.26. The molecule has 0 saturated heterocycles. The summed E-state index contributed by atoms with van der Waals surface area (Å²) in [7, 11) is 0. The van der Waals surface area contributed by atoms with Crippen molar-refractivity contribution in [3.8, 4) is 0 Å². The van der Waals surface area contributed by atoms with E-state index in [0.29, 0.717) is 17.9 Å². The number of aromatic nitrogens is 2. The molecular weight excluding hydrogens is 211 g/mol. The third-order valence-electron chi connectivity index (χ3n) is 2.16. The average molecular weight is 228 g/mol. The summed E-state index contributed by atoms with van der Waals surface area (Å²) >= 11 is 0. The maximum Gasteiger partial charge on any atom is 0.341 e. The molecule has 0 saturated carbocycles. The van der Waals surface area contributed by atoms with E-state index >= 15 is 0 Å². The molecule has 0 amide bonds. The van der Waals surface area contributed by atoms with Gasteiger partial charge in [-0.1, -0.05) is 20.8 Å². The second kappa shape index (κ2) is 4.63. The quantitative estimate of drug-likeness (QED) is 0.745. The average Bonchev–Trinajstić information content (AvgIpc) is 2.60. The molecule has 1 heterocycles. The first kappa shape index (κ1) is 12.7. The van der Waals surface area contributed by atoms with Gasteiger partial charge in [0.2, 0.25) is 0 Å². The summed E-state index contributed by atoms with van der Waals surface area (Å²) in [4.78, 5) is 11.6. The van der Waals surface area contributed by atoms with Gasteiger partial charge in [0, 0.05) is 5.41 Å². The van der Waals surface area contributed by atoms with E-state index in [1.165, 1.54) is 10.9 Å². The Morgan fingerprint density at radius 3 is 2.62 bits per heavy atom. The van der Waals surface area contributed by atoms with E-state index in [2.05, 4.69) is 5.10 Å². The van der Waals surface area contributed by atoms with Crippen molar-refractivity contribution in [3.05, 3.63) is 17.5 Å². The van der Waals surface area contributed by atoms with Gasteiger partial charge in [-0.3, -0.25) is 0 Å². The maximum absolute atomic E-state index is 12.7. The fourth-order valence-electron chi connectivity index (χ4n) is 1.63. The molecule has 5 heteroatoms. The van der Waals surface area contributed by atoms with Gasteiger partial charge in [0.25, 0.3) is 0 Å². The van der Waals surface area contributed by atoms with Gasteiger partial charge >= 0.3 is 5.97 Å². The fraction of sp³-hybridized carbons (Fsp3) is 0.636. The monoisotopic (exact) mass is 228 g/mol. The Hall–Kier alpha value is -1.39. The van der Waals surface area contributed by atoms with Crippen LogP contribution in [0.4, 0.5) is 4.39 Å². The second-order valence-electron chi connectivity index (χ2n) is 4.50. The number of halogens is 1. The Morgan fingerprint density at radius 2 is 2.19 bits per heavy atom. The van der Waals surface area contributed by atoms with Crippen molar-refractivity contribution < 1.29 is 13.9 Å². The second-order valence-corrected chi connectivity index (χ2v) is 4.50. The Kier molecular flexibility index (Phi) is 3.67.